The third-order valence-corrected chi connectivity index (χ3v) is 4.61. The van der Waals surface area contributed by atoms with Crippen LogP contribution in [0.4, 0.5) is 0 Å². The van der Waals surface area contributed by atoms with Crippen LogP contribution in [0.3, 0.4) is 0 Å². The third-order valence-electron chi connectivity index (χ3n) is 3.80. The van der Waals surface area contributed by atoms with Crippen molar-refractivity contribution in [1.29, 1.82) is 0 Å². The van der Waals surface area contributed by atoms with Gasteiger partial charge in [-0.1, -0.05) is 41.7 Å². The molecule has 9 heteroatoms. The van der Waals surface area contributed by atoms with Crippen LogP contribution in [0.1, 0.15) is 25.8 Å². The number of amides is 1. The van der Waals surface area contributed by atoms with E-state index in [1.165, 1.54) is 19.4 Å². The van der Waals surface area contributed by atoms with E-state index in [1.807, 2.05) is 13.8 Å². The lowest BCUT2D eigenvalue weighted by Crippen LogP contribution is -2.24. The summed E-state index contributed by atoms with van der Waals surface area (Å²) in [5.41, 5.74) is 3.00. The highest BCUT2D eigenvalue weighted by Crippen LogP contribution is 2.37. The molecule has 0 aliphatic heterocycles. The molecule has 6 nitrogen and oxygen atoms in total. The van der Waals surface area contributed by atoms with Crippen molar-refractivity contribution in [3.05, 3.63) is 51.0 Å². The van der Waals surface area contributed by atoms with E-state index in [9.17, 15) is 4.79 Å². The number of halogens is 3. The van der Waals surface area contributed by atoms with E-state index in [-0.39, 0.29) is 12.7 Å². The number of hydrogen-bond donors (Lipinski definition) is 1. The van der Waals surface area contributed by atoms with Crippen molar-refractivity contribution in [3.63, 3.8) is 0 Å². The van der Waals surface area contributed by atoms with Crippen LogP contribution in [0, 0.1) is 0 Å². The minimum Gasteiger partial charge on any atom is -0.493 e. The molecule has 156 valence electrons. The minimum absolute atomic E-state index is 0.00523. The molecule has 1 amide bonds. The van der Waals surface area contributed by atoms with Crippen LogP contribution in [-0.2, 0) is 4.79 Å². The van der Waals surface area contributed by atoms with E-state index in [4.69, 9.17) is 49.0 Å². The average molecular weight is 460 g/mol. The first kappa shape index (κ1) is 23.1. The van der Waals surface area contributed by atoms with Crippen molar-refractivity contribution in [3.8, 4) is 17.2 Å². The molecule has 0 spiro atoms. The highest BCUT2D eigenvalue weighted by atomic mass is 35.5. The monoisotopic (exact) mass is 458 g/mol. The summed E-state index contributed by atoms with van der Waals surface area (Å²) in [7, 11) is 1.52. The van der Waals surface area contributed by atoms with E-state index in [0.717, 1.165) is 6.42 Å². The molecule has 1 N–H and O–H groups in total. The Hall–Kier alpha value is -2.15. The van der Waals surface area contributed by atoms with Gasteiger partial charge < -0.3 is 14.2 Å². The second-order valence-electron chi connectivity index (χ2n) is 6.03. The molecule has 2 aromatic rings. The Morgan fingerprint density at radius 2 is 1.93 bits per heavy atom. The summed E-state index contributed by atoms with van der Waals surface area (Å²) in [5, 5.41) is 5.08. The van der Waals surface area contributed by atoms with Gasteiger partial charge in [-0.15, -0.1) is 0 Å². The van der Waals surface area contributed by atoms with Gasteiger partial charge >= 0.3 is 0 Å². The molecular formula is C20H21Cl3N2O4. The molecule has 2 rings (SSSR count). The largest absolute Gasteiger partial charge is 0.493 e. The summed E-state index contributed by atoms with van der Waals surface area (Å²) in [4.78, 5) is 11.9. The van der Waals surface area contributed by atoms with Gasteiger partial charge in [-0.05, 0) is 49.2 Å². The number of carbonyl (C=O) groups excluding carboxylic acids is 1. The Kier molecular flexibility index (Phi) is 8.89. The summed E-state index contributed by atoms with van der Waals surface area (Å²) < 4.78 is 16.5. The number of hydrazone groups is 1. The predicted octanol–water partition coefficient (Wildman–Crippen LogP) is 5.36. The van der Waals surface area contributed by atoms with Gasteiger partial charge in [0.15, 0.2) is 18.1 Å². The first-order valence-corrected chi connectivity index (χ1v) is 9.91. The van der Waals surface area contributed by atoms with Gasteiger partial charge in [-0.25, -0.2) is 5.43 Å². The molecule has 0 aliphatic carbocycles. The first-order chi connectivity index (χ1) is 13.8. The van der Waals surface area contributed by atoms with Crippen molar-refractivity contribution in [2.45, 2.75) is 26.4 Å². The van der Waals surface area contributed by atoms with Crippen molar-refractivity contribution >= 4 is 46.9 Å². The fourth-order valence-corrected chi connectivity index (χ4v) is 2.89. The molecule has 0 radical (unpaired) electrons. The zero-order valence-corrected chi connectivity index (χ0v) is 18.4. The lowest BCUT2D eigenvalue weighted by Gasteiger charge is -2.17. The van der Waals surface area contributed by atoms with Crippen molar-refractivity contribution in [1.82, 2.24) is 5.43 Å². The Morgan fingerprint density at radius 3 is 2.59 bits per heavy atom. The van der Waals surface area contributed by atoms with Crippen molar-refractivity contribution < 1.29 is 19.0 Å². The molecule has 0 saturated heterocycles. The Balaban J connectivity index is 1.96. The van der Waals surface area contributed by atoms with Crippen LogP contribution < -0.4 is 19.6 Å². The second kappa shape index (κ2) is 11.1. The number of rotatable bonds is 9. The maximum Gasteiger partial charge on any atom is 0.277 e. The summed E-state index contributed by atoms with van der Waals surface area (Å²) in [6, 6.07) is 8.11. The summed E-state index contributed by atoms with van der Waals surface area (Å²) in [6.45, 7) is 3.70. The second-order valence-corrected chi connectivity index (χ2v) is 7.28. The standard InChI is InChI=1S/C20H21Cl3N2O4/c1-4-12(2)29-20-16(23)7-13(8-18(20)27-3)10-24-25-19(26)11-28-17-6-5-14(21)9-15(17)22/h5-10,12H,4,11H2,1-3H3,(H,25,26)/b24-10+/t12-/m0/s1. The maximum absolute atomic E-state index is 11.9. The summed E-state index contributed by atoms with van der Waals surface area (Å²) in [6.07, 6.45) is 2.27. The average Bonchev–Trinajstić information content (AvgIpc) is 2.68. The van der Waals surface area contributed by atoms with Crippen LogP contribution in [-0.4, -0.2) is 31.9 Å². The van der Waals surface area contributed by atoms with Gasteiger partial charge in [-0.3, -0.25) is 4.79 Å². The molecule has 0 aromatic heterocycles. The SMILES string of the molecule is CC[C@H](C)Oc1c(Cl)cc(/C=N/NC(=O)COc2ccc(Cl)cc2Cl)cc1OC. The van der Waals surface area contributed by atoms with E-state index in [0.29, 0.717) is 37.9 Å². The maximum atomic E-state index is 11.9. The van der Waals surface area contributed by atoms with Crippen molar-refractivity contribution in [2.75, 3.05) is 13.7 Å². The Labute approximate surface area is 184 Å². The number of nitrogens with one attached hydrogen (secondary N) is 1. The molecule has 0 unspecified atom stereocenters. The topological polar surface area (TPSA) is 69.2 Å². The van der Waals surface area contributed by atoms with Gasteiger partial charge in [0.05, 0.1) is 29.5 Å². The van der Waals surface area contributed by atoms with E-state index in [1.54, 1.807) is 24.3 Å². The summed E-state index contributed by atoms with van der Waals surface area (Å²) in [5.74, 6) is 0.842. The Morgan fingerprint density at radius 1 is 1.17 bits per heavy atom. The number of ether oxygens (including phenoxy) is 3. The van der Waals surface area contributed by atoms with Crippen LogP contribution in [0.5, 0.6) is 17.2 Å². The number of carbonyl (C=O) groups is 1. The normalized spacial score (nSPS) is 11.9. The summed E-state index contributed by atoms with van der Waals surface area (Å²) >= 11 is 18.1. The highest BCUT2D eigenvalue weighted by Gasteiger charge is 2.14. The minimum atomic E-state index is -0.456. The molecule has 0 heterocycles. The number of methoxy groups -OCH3 is 1. The van der Waals surface area contributed by atoms with Crippen LogP contribution >= 0.6 is 34.8 Å². The number of hydrogen-bond acceptors (Lipinski definition) is 5. The quantitative estimate of drug-likeness (QED) is 0.405. The van der Waals surface area contributed by atoms with Gasteiger partial charge in [0.25, 0.3) is 5.91 Å². The van der Waals surface area contributed by atoms with Crippen LogP contribution in [0.2, 0.25) is 15.1 Å². The predicted molar refractivity (Wildman–Crippen MR) is 116 cm³/mol. The Bertz CT molecular complexity index is 890. The number of benzene rings is 2. The fraction of sp³-hybridized carbons (Fsp3) is 0.300. The zero-order chi connectivity index (χ0) is 21.4. The van der Waals surface area contributed by atoms with Crippen LogP contribution in [0.25, 0.3) is 0 Å². The highest BCUT2D eigenvalue weighted by molar-refractivity contribution is 6.35. The number of nitrogens with zero attached hydrogens (tertiary/aromatic N) is 1. The van der Waals surface area contributed by atoms with E-state index >= 15 is 0 Å². The molecule has 1 atom stereocenters. The van der Waals surface area contributed by atoms with E-state index in [2.05, 4.69) is 10.5 Å². The lowest BCUT2D eigenvalue weighted by atomic mass is 10.2. The van der Waals surface area contributed by atoms with E-state index < -0.39 is 5.91 Å². The van der Waals surface area contributed by atoms with Gasteiger partial charge in [-0.2, -0.15) is 5.10 Å². The van der Waals surface area contributed by atoms with Crippen LogP contribution in [0.15, 0.2) is 35.4 Å². The molecule has 0 aliphatic rings. The lowest BCUT2D eigenvalue weighted by molar-refractivity contribution is -0.123. The molecule has 2 aromatic carbocycles. The van der Waals surface area contributed by atoms with Crippen molar-refractivity contribution in [2.24, 2.45) is 5.10 Å². The van der Waals surface area contributed by atoms with Gasteiger partial charge in [0.2, 0.25) is 0 Å². The zero-order valence-electron chi connectivity index (χ0n) is 16.2. The fourth-order valence-electron chi connectivity index (χ4n) is 2.16. The smallest absolute Gasteiger partial charge is 0.277 e. The first-order valence-electron chi connectivity index (χ1n) is 8.78. The molecular weight excluding hydrogens is 439 g/mol. The molecule has 0 fully saturated rings. The molecule has 29 heavy (non-hydrogen) atoms. The molecule has 0 saturated carbocycles. The molecule has 0 bridgehead atoms. The third kappa shape index (κ3) is 6.99. The van der Waals surface area contributed by atoms with Gasteiger partial charge in [0.1, 0.15) is 5.75 Å². The van der Waals surface area contributed by atoms with Gasteiger partial charge in [0, 0.05) is 5.02 Å².